The number of fused-ring (bicyclic) bond motifs is 2. The molecule has 6 atom stereocenters. The maximum Gasteiger partial charge on any atom is 0.310 e. The number of ether oxygens (including phenoxy) is 3. The Morgan fingerprint density at radius 2 is 1.95 bits per heavy atom. The van der Waals surface area contributed by atoms with Crippen LogP contribution in [0.4, 0.5) is 0 Å². The summed E-state index contributed by atoms with van der Waals surface area (Å²) in [6.45, 7) is 9.61. The van der Waals surface area contributed by atoms with E-state index in [4.69, 9.17) is 14.2 Å². The fourth-order valence-electron chi connectivity index (χ4n) is 5.97. The monoisotopic (exact) mass is 529 g/mol. The summed E-state index contributed by atoms with van der Waals surface area (Å²) < 4.78 is 16.0. The van der Waals surface area contributed by atoms with Crippen molar-refractivity contribution < 1.29 is 33.4 Å². The Labute approximate surface area is 223 Å². The van der Waals surface area contributed by atoms with Gasteiger partial charge in [-0.3, -0.25) is 19.2 Å². The first-order valence-electron chi connectivity index (χ1n) is 13.3. The second-order valence-corrected chi connectivity index (χ2v) is 11.5. The van der Waals surface area contributed by atoms with E-state index in [2.05, 4.69) is 10.6 Å². The van der Waals surface area contributed by atoms with Crippen LogP contribution in [0.2, 0.25) is 0 Å². The second kappa shape index (κ2) is 10.9. The number of benzene rings is 1. The molecular weight excluding hydrogens is 490 g/mol. The lowest BCUT2D eigenvalue weighted by Crippen LogP contribution is -2.62. The molecule has 4 rings (SSSR count). The van der Waals surface area contributed by atoms with Gasteiger partial charge >= 0.3 is 5.97 Å². The molecule has 1 aromatic carbocycles. The van der Waals surface area contributed by atoms with Gasteiger partial charge in [0.05, 0.1) is 13.5 Å². The topological polar surface area (TPSA) is 123 Å². The highest BCUT2D eigenvalue weighted by atomic mass is 16.7. The van der Waals surface area contributed by atoms with E-state index in [1.807, 2.05) is 20.8 Å². The van der Waals surface area contributed by atoms with Gasteiger partial charge in [0.1, 0.15) is 23.9 Å². The van der Waals surface area contributed by atoms with E-state index < -0.39 is 35.8 Å². The fraction of sp³-hybridized carbons (Fsp3) is 0.643. The first-order valence-corrected chi connectivity index (χ1v) is 13.3. The van der Waals surface area contributed by atoms with Crippen molar-refractivity contribution in [3.8, 4) is 5.75 Å². The number of nitrogens with zero attached hydrogens (tertiary/aromatic N) is 1. The van der Waals surface area contributed by atoms with Crippen LogP contribution in [0.5, 0.6) is 5.75 Å². The third-order valence-electron chi connectivity index (χ3n) is 7.87. The van der Waals surface area contributed by atoms with Crippen LogP contribution in [0.1, 0.15) is 69.3 Å². The number of esters is 1. The van der Waals surface area contributed by atoms with Crippen LogP contribution in [0, 0.1) is 18.3 Å². The molecule has 1 aliphatic carbocycles. The van der Waals surface area contributed by atoms with Gasteiger partial charge in [-0.2, -0.15) is 0 Å². The molecule has 10 heteroatoms. The molecule has 0 unspecified atom stereocenters. The SMILES string of the molecule is CCO[C@@H]1OC(=O)C[C@H]1NC(=O)[C@@H]1[C@@H]2CC[C@@H](C2)N1C(=O)[C@@H](NC(=O)c1cccc(OC)c1C)C(C)(C)C. The minimum absolute atomic E-state index is 0.0180. The van der Waals surface area contributed by atoms with Crippen molar-refractivity contribution in [2.75, 3.05) is 13.7 Å². The summed E-state index contributed by atoms with van der Waals surface area (Å²) in [6.07, 6.45) is 1.57. The van der Waals surface area contributed by atoms with Gasteiger partial charge in [0.15, 0.2) is 0 Å². The van der Waals surface area contributed by atoms with E-state index in [1.54, 1.807) is 44.1 Å². The molecule has 0 radical (unpaired) electrons. The molecule has 2 aliphatic heterocycles. The predicted octanol–water partition coefficient (Wildman–Crippen LogP) is 2.32. The van der Waals surface area contributed by atoms with E-state index in [9.17, 15) is 19.2 Å². The molecule has 3 fully saturated rings. The maximum atomic E-state index is 14.1. The van der Waals surface area contributed by atoms with Crippen molar-refractivity contribution in [2.24, 2.45) is 11.3 Å². The van der Waals surface area contributed by atoms with Crippen LogP contribution in [-0.4, -0.2) is 72.8 Å². The van der Waals surface area contributed by atoms with Gasteiger partial charge in [0.25, 0.3) is 5.91 Å². The normalized spacial score (nSPS) is 27.2. The summed E-state index contributed by atoms with van der Waals surface area (Å²) in [5.41, 5.74) is 0.493. The molecule has 1 saturated carbocycles. The van der Waals surface area contributed by atoms with Gasteiger partial charge in [-0.15, -0.1) is 0 Å². The lowest BCUT2D eigenvalue weighted by Gasteiger charge is -2.40. The number of methoxy groups -OCH3 is 1. The number of carbonyl (C=O) groups is 4. The summed E-state index contributed by atoms with van der Waals surface area (Å²) in [6, 6.07) is 2.99. The first kappa shape index (κ1) is 27.9. The second-order valence-electron chi connectivity index (χ2n) is 11.5. The smallest absolute Gasteiger partial charge is 0.310 e. The number of amides is 3. The van der Waals surface area contributed by atoms with Gasteiger partial charge < -0.3 is 29.7 Å². The zero-order valence-corrected chi connectivity index (χ0v) is 23.0. The fourth-order valence-corrected chi connectivity index (χ4v) is 5.97. The van der Waals surface area contributed by atoms with Crippen LogP contribution in [0.25, 0.3) is 0 Å². The van der Waals surface area contributed by atoms with Crippen LogP contribution < -0.4 is 15.4 Å². The summed E-state index contributed by atoms with van der Waals surface area (Å²) >= 11 is 0. The third-order valence-corrected chi connectivity index (χ3v) is 7.87. The molecule has 2 heterocycles. The van der Waals surface area contributed by atoms with E-state index in [1.165, 1.54) is 0 Å². The highest BCUT2D eigenvalue weighted by Crippen LogP contribution is 2.44. The summed E-state index contributed by atoms with van der Waals surface area (Å²) in [7, 11) is 1.54. The van der Waals surface area contributed by atoms with Crippen molar-refractivity contribution in [3.63, 3.8) is 0 Å². The van der Waals surface area contributed by atoms with Crippen LogP contribution in [0.15, 0.2) is 18.2 Å². The number of nitrogens with one attached hydrogen (secondary N) is 2. The van der Waals surface area contributed by atoms with Gasteiger partial charge in [-0.1, -0.05) is 26.8 Å². The first-order chi connectivity index (χ1) is 18.0. The molecule has 1 aromatic rings. The zero-order valence-electron chi connectivity index (χ0n) is 23.0. The van der Waals surface area contributed by atoms with Crippen molar-refractivity contribution in [2.45, 2.75) is 90.8 Å². The van der Waals surface area contributed by atoms with Gasteiger partial charge in [0.2, 0.25) is 18.1 Å². The highest BCUT2D eigenvalue weighted by Gasteiger charge is 2.54. The van der Waals surface area contributed by atoms with Crippen molar-refractivity contribution in [1.29, 1.82) is 0 Å². The molecule has 3 amide bonds. The molecule has 38 heavy (non-hydrogen) atoms. The quantitative estimate of drug-likeness (QED) is 0.496. The predicted molar refractivity (Wildman–Crippen MR) is 138 cm³/mol. The van der Waals surface area contributed by atoms with Crippen LogP contribution in [0.3, 0.4) is 0 Å². The molecule has 2 bridgehead atoms. The van der Waals surface area contributed by atoms with Crippen molar-refractivity contribution >= 4 is 23.7 Å². The Kier molecular flexibility index (Phi) is 8.01. The Morgan fingerprint density at radius 1 is 1.21 bits per heavy atom. The van der Waals surface area contributed by atoms with Crippen LogP contribution >= 0.6 is 0 Å². The standard InChI is InChI=1S/C28H39N3O7/c1-7-37-27-19(14-21(32)38-27)29-25(34)22-16-11-12-17(13-16)31(22)26(35)23(28(3,4)5)30-24(33)18-9-8-10-20(36-6)15(18)2/h8-10,16-17,19,22-23,27H,7,11-14H2,1-6H3,(H,29,34)(H,30,33)/t16-,17+,19-,22+,23-,27-/m1/s1. The lowest BCUT2D eigenvalue weighted by molar-refractivity contribution is -0.165. The Morgan fingerprint density at radius 3 is 2.61 bits per heavy atom. The van der Waals surface area contributed by atoms with Gasteiger partial charge in [-0.25, -0.2) is 0 Å². The Balaban J connectivity index is 1.56. The van der Waals surface area contributed by atoms with Crippen molar-refractivity contribution in [1.82, 2.24) is 15.5 Å². The largest absolute Gasteiger partial charge is 0.496 e. The molecule has 0 spiro atoms. The molecule has 3 aliphatic rings. The molecule has 10 nitrogen and oxygen atoms in total. The van der Waals surface area contributed by atoms with Gasteiger partial charge in [-0.05, 0) is 56.6 Å². The lowest BCUT2D eigenvalue weighted by atomic mass is 9.84. The Hall–Kier alpha value is -3.14. The number of rotatable bonds is 8. The molecule has 0 aromatic heterocycles. The molecule has 2 N–H and O–H groups in total. The van der Waals surface area contributed by atoms with E-state index >= 15 is 0 Å². The summed E-state index contributed by atoms with van der Waals surface area (Å²) in [5.74, 6) is -0.798. The number of hydrogen-bond donors (Lipinski definition) is 2. The zero-order chi connectivity index (χ0) is 27.8. The minimum Gasteiger partial charge on any atom is -0.496 e. The van der Waals surface area contributed by atoms with Gasteiger partial charge in [0, 0.05) is 23.8 Å². The minimum atomic E-state index is -0.859. The summed E-state index contributed by atoms with van der Waals surface area (Å²) in [4.78, 5) is 54.6. The maximum absolute atomic E-state index is 14.1. The number of piperidine rings is 1. The molecular formula is C28H39N3O7. The molecule has 2 saturated heterocycles. The highest BCUT2D eigenvalue weighted by molar-refractivity contribution is 6.00. The number of cyclic esters (lactones) is 1. The average molecular weight is 530 g/mol. The third kappa shape index (κ3) is 5.36. The summed E-state index contributed by atoms with van der Waals surface area (Å²) in [5, 5.41) is 5.88. The van der Waals surface area contributed by atoms with E-state index in [0.29, 0.717) is 23.5 Å². The number of carbonyl (C=O) groups excluding carboxylic acids is 4. The number of hydrogen-bond acceptors (Lipinski definition) is 7. The van der Waals surface area contributed by atoms with E-state index in [0.717, 1.165) is 19.3 Å². The average Bonchev–Trinajstić information content (AvgIpc) is 3.56. The van der Waals surface area contributed by atoms with E-state index in [-0.39, 0.29) is 36.1 Å². The molecule has 208 valence electrons. The Bertz CT molecular complexity index is 1100. The van der Waals surface area contributed by atoms with Crippen LogP contribution in [-0.2, 0) is 23.9 Å². The number of likely N-dealkylation sites (tertiary alicyclic amines) is 1. The van der Waals surface area contributed by atoms with Crippen molar-refractivity contribution in [3.05, 3.63) is 29.3 Å².